The number of rotatable bonds is 0. The SMILES string of the molecule is O=C1CCCCCCC2=C(CCC2)C1. The van der Waals surface area contributed by atoms with Crippen molar-refractivity contribution in [3.05, 3.63) is 11.1 Å². The second-order valence-electron chi connectivity index (χ2n) is 4.69. The maximum atomic E-state index is 11.6. The Bertz CT molecular complexity index is 250. The molecule has 0 aliphatic heterocycles. The first kappa shape index (κ1) is 9.95. The number of ketones is 1. The van der Waals surface area contributed by atoms with Crippen LogP contribution in [0.4, 0.5) is 0 Å². The molecule has 2 aliphatic rings. The molecule has 0 fully saturated rings. The first-order valence-corrected chi connectivity index (χ1v) is 6.08. The average molecular weight is 192 g/mol. The molecule has 0 unspecified atom stereocenters. The van der Waals surface area contributed by atoms with Crippen molar-refractivity contribution >= 4 is 5.78 Å². The number of hydrogen-bond acceptors (Lipinski definition) is 1. The van der Waals surface area contributed by atoms with Gasteiger partial charge in [0, 0.05) is 12.8 Å². The Labute approximate surface area is 86.6 Å². The zero-order chi connectivity index (χ0) is 9.80. The molecule has 0 spiro atoms. The molecule has 0 aromatic carbocycles. The van der Waals surface area contributed by atoms with Crippen LogP contribution in [0.1, 0.15) is 64.2 Å². The minimum atomic E-state index is 0.487. The van der Waals surface area contributed by atoms with Gasteiger partial charge in [0.2, 0.25) is 0 Å². The highest BCUT2D eigenvalue weighted by atomic mass is 16.1. The molecule has 0 amide bonds. The van der Waals surface area contributed by atoms with Gasteiger partial charge in [-0.15, -0.1) is 0 Å². The number of carbonyl (C=O) groups excluding carboxylic acids is 1. The van der Waals surface area contributed by atoms with E-state index in [1.165, 1.54) is 50.5 Å². The van der Waals surface area contributed by atoms with E-state index in [-0.39, 0.29) is 0 Å². The lowest BCUT2D eigenvalue weighted by Gasteiger charge is -2.10. The molecule has 2 aliphatic carbocycles. The molecular formula is C13H20O. The molecule has 0 saturated heterocycles. The van der Waals surface area contributed by atoms with Crippen LogP contribution >= 0.6 is 0 Å². The van der Waals surface area contributed by atoms with Crippen LogP contribution < -0.4 is 0 Å². The molecule has 1 heteroatoms. The smallest absolute Gasteiger partial charge is 0.136 e. The molecule has 0 bridgehead atoms. The normalized spacial score (nSPS) is 25.0. The first-order chi connectivity index (χ1) is 6.86. The summed E-state index contributed by atoms with van der Waals surface area (Å²) in [5.41, 5.74) is 3.15. The Hall–Kier alpha value is -0.590. The van der Waals surface area contributed by atoms with Gasteiger partial charge in [-0.1, -0.05) is 24.0 Å². The highest BCUT2D eigenvalue weighted by Crippen LogP contribution is 2.33. The zero-order valence-corrected chi connectivity index (χ0v) is 8.98. The van der Waals surface area contributed by atoms with Crippen molar-refractivity contribution in [2.75, 3.05) is 0 Å². The van der Waals surface area contributed by atoms with Gasteiger partial charge in [-0.05, 0) is 38.5 Å². The summed E-state index contributed by atoms with van der Waals surface area (Å²) in [6, 6.07) is 0. The van der Waals surface area contributed by atoms with E-state index in [0.29, 0.717) is 5.78 Å². The molecule has 0 saturated carbocycles. The van der Waals surface area contributed by atoms with Crippen molar-refractivity contribution in [1.82, 2.24) is 0 Å². The standard InChI is InChI=1S/C13H20O/c14-13-9-4-2-1-3-6-11-7-5-8-12(11)10-13/h1-10H2. The summed E-state index contributed by atoms with van der Waals surface area (Å²) in [5.74, 6) is 0.487. The van der Waals surface area contributed by atoms with E-state index in [0.717, 1.165) is 19.3 Å². The lowest BCUT2D eigenvalue weighted by Crippen LogP contribution is -2.01. The van der Waals surface area contributed by atoms with Crippen LogP contribution in [-0.2, 0) is 4.79 Å². The third-order valence-corrected chi connectivity index (χ3v) is 3.55. The molecule has 78 valence electrons. The molecule has 0 aromatic rings. The molecule has 0 radical (unpaired) electrons. The summed E-state index contributed by atoms with van der Waals surface area (Å²) in [7, 11) is 0. The van der Waals surface area contributed by atoms with Crippen molar-refractivity contribution in [1.29, 1.82) is 0 Å². The maximum absolute atomic E-state index is 11.6. The van der Waals surface area contributed by atoms with Gasteiger partial charge in [0.05, 0.1) is 0 Å². The number of allylic oxidation sites excluding steroid dienone is 2. The molecular weight excluding hydrogens is 172 g/mol. The molecule has 2 rings (SSSR count). The number of carbonyl (C=O) groups is 1. The number of hydrogen-bond donors (Lipinski definition) is 0. The Morgan fingerprint density at radius 2 is 1.29 bits per heavy atom. The van der Waals surface area contributed by atoms with Gasteiger partial charge in [-0.2, -0.15) is 0 Å². The van der Waals surface area contributed by atoms with Crippen molar-refractivity contribution < 1.29 is 4.79 Å². The predicted octanol–water partition coefficient (Wildman–Crippen LogP) is 3.78. The molecule has 1 nitrogen and oxygen atoms in total. The van der Waals surface area contributed by atoms with Gasteiger partial charge >= 0.3 is 0 Å². The first-order valence-electron chi connectivity index (χ1n) is 6.08. The van der Waals surface area contributed by atoms with Gasteiger partial charge in [-0.3, -0.25) is 4.79 Å². The third-order valence-electron chi connectivity index (χ3n) is 3.55. The van der Waals surface area contributed by atoms with Gasteiger partial charge in [0.1, 0.15) is 5.78 Å². The molecule has 0 aromatic heterocycles. The summed E-state index contributed by atoms with van der Waals surface area (Å²) < 4.78 is 0. The molecule has 0 N–H and O–H groups in total. The van der Waals surface area contributed by atoms with Crippen LogP contribution in [0.5, 0.6) is 0 Å². The summed E-state index contributed by atoms with van der Waals surface area (Å²) in [6.07, 6.45) is 11.8. The Kier molecular flexibility index (Phi) is 3.39. The highest BCUT2D eigenvalue weighted by Gasteiger charge is 2.17. The van der Waals surface area contributed by atoms with E-state index in [1.807, 2.05) is 0 Å². The van der Waals surface area contributed by atoms with Crippen LogP contribution in [0, 0.1) is 0 Å². The van der Waals surface area contributed by atoms with Crippen molar-refractivity contribution in [2.24, 2.45) is 0 Å². The fourth-order valence-corrected chi connectivity index (χ4v) is 2.72. The molecule has 0 atom stereocenters. The van der Waals surface area contributed by atoms with Crippen LogP contribution in [-0.4, -0.2) is 5.78 Å². The van der Waals surface area contributed by atoms with E-state index in [9.17, 15) is 4.79 Å². The lowest BCUT2D eigenvalue weighted by molar-refractivity contribution is -0.118. The van der Waals surface area contributed by atoms with Gasteiger partial charge in [0.25, 0.3) is 0 Å². The lowest BCUT2D eigenvalue weighted by atomic mass is 9.96. The summed E-state index contributed by atoms with van der Waals surface area (Å²) in [5, 5.41) is 0. The monoisotopic (exact) mass is 192 g/mol. The average Bonchev–Trinajstić information content (AvgIpc) is 2.59. The molecule has 0 heterocycles. The minimum Gasteiger partial charge on any atom is -0.299 e. The van der Waals surface area contributed by atoms with Crippen LogP contribution in [0.3, 0.4) is 0 Å². The third kappa shape index (κ3) is 2.46. The van der Waals surface area contributed by atoms with Crippen LogP contribution in [0.25, 0.3) is 0 Å². The zero-order valence-electron chi connectivity index (χ0n) is 8.98. The number of Topliss-reactive ketones (excluding diaryl/α,β-unsaturated/α-hetero) is 1. The summed E-state index contributed by atoms with van der Waals surface area (Å²) >= 11 is 0. The Morgan fingerprint density at radius 3 is 2.14 bits per heavy atom. The quantitative estimate of drug-likeness (QED) is 0.534. The fraction of sp³-hybridized carbons (Fsp3) is 0.769. The van der Waals surface area contributed by atoms with E-state index in [2.05, 4.69) is 0 Å². The topological polar surface area (TPSA) is 17.1 Å². The van der Waals surface area contributed by atoms with E-state index >= 15 is 0 Å². The van der Waals surface area contributed by atoms with E-state index in [4.69, 9.17) is 0 Å². The minimum absolute atomic E-state index is 0.487. The van der Waals surface area contributed by atoms with Gasteiger partial charge in [-0.25, -0.2) is 0 Å². The Balaban J connectivity index is 2.04. The van der Waals surface area contributed by atoms with Crippen LogP contribution in [0.2, 0.25) is 0 Å². The van der Waals surface area contributed by atoms with E-state index < -0.39 is 0 Å². The predicted molar refractivity (Wildman–Crippen MR) is 58.2 cm³/mol. The molecule has 14 heavy (non-hydrogen) atoms. The van der Waals surface area contributed by atoms with Crippen molar-refractivity contribution in [3.63, 3.8) is 0 Å². The maximum Gasteiger partial charge on any atom is 0.136 e. The van der Waals surface area contributed by atoms with Crippen LogP contribution in [0.15, 0.2) is 11.1 Å². The second-order valence-corrected chi connectivity index (χ2v) is 4.69. The summed E-state index contributed by atoms with van der Waals surface area (Å²) in [6.45, 7) is 0. The van der Waals surface area contributed by atoms with Gasteiger partial charge in [0.15, 0.2) is 0 Å². The highest BCUT2D eigenvalue weighted by molar-refractivity contribution is 5.81. The van der Waals surface area contributed by atoms with Crippen molar-refractivity contribution in [3.8, 4) is 0 Å². The second kappa shape index (κ2) is 4.77. The fourth-order valence-electron chi connectivity index (χ4n) is 2.72. The summed E-state index contributed by atoms with van der Waals surface area (Å²) in [4.78, 5) is 11.6. The van der Waals surface area contributed by atoms with Crippen molar-refractivity contribution in [2.45, 2.75) is 64.2 Å². The van der Waals surface area contributed by atoms with Gasteiger partial charge < -0.3 is 0 Å². The largest absolute Gasteiger partial charge is 0.299 e. The van der Waals surface area contributed by atoms with E-state index in [1.54, 1.807) is 5.57 Å². The Morgan fingerprint density at radius 1 is 0.643 bits per heavy atom.